The molecule has 2 aromatic carbocycles. The van der Waals surface area contributed by atoms with Gasteiger partial charge in [-0.05, 0) is 24.1 Å². The van der Waals surface area contributed by atoms with E-state index in [0.717, 1.165) is 22.4 Å². The number of hydrogen-bond donors (Lipinski definition) is 2. The van der Waals surface area contributed by atoms with Crippen LogP contribution in [0.25, 0.3) is 0 Å². The summed E-state index contributed by atoms with van der Waals surface area (Å²) in [5.41, 5.74) is 4.41. The summed E-state index contributed by atoms with van der Waals surface area (Å²) < 4.78 is 13.9. The van der Waals surface area contributed by atoms with Crippen LogP contribution in [0, 0.1) is 12.7 Å². The van der Waals surface area contributed by atoms with Gasteiger partial charge in [0, 0.05) is 37.3 Å². The van der Waals surface area contributed by atoms with Crippen molar-refractivity contribution in [3.05, 3.63) is 88.0 Å². The van der Waals surface area contributed by atoms with Gasteiger partial charge in [0.25, 0.3) is 5.91 Å². The number of nitrogens with one attached hydrogen (secondary N) is 2. The molecule has 6 nitrogen and oxygen atoms in total. The van der Waals surface area contributed by atoms with E-state index in [4.69, 9.17) is 0 Å². The molecule has 0 radical (unpaired) electrons. The lowest BCUT2D eigenvalue weighted by Gasteiger charge is -2.27. The van der Waals surface area contributed by atoms with Crippen molar-refractivity contribution in [3.63, 3.8) is 0 Å². The van der Waals surface area contributed by atoms with Crippen LogP contribution in [0.4, 0.5) is 4.39 Å². The van der Waals surface area contributed by atoms with Crippen LogP contribution in [0.15, 0.2) is 48.5 Å². The molecular weight excluding hydrogens is 383 g/mol. The summed E-state index contributed by atoms with van der Waals surface area (Å²) in [6.45, 7) is 3.19. The highest BCUT2D eigenvalue weighted by atomic mass is 19.1. The predicted molar refractivity (Wildman–Crippen MR) is 110 cm³/mol. The molecule has 2 amide bonds. The van der Waals surface area contributed by atoms with E-state index in [-0.39, 0.29) is 30.6 Å². The molecule has 1 aliphatic rings. The Hall–Kier alpha value is -3.48. The van der Waals surface area contributed by atoms with E-state index >= 15 is 0 Å². The molecule has 0 atom stereocenters. The second-order valence-corrected chi connectivity index (χ2v) is 7.53. The van der Waals surface area contributed by atoms with Gasteiger partial charge in [0.05, 0.1) is 6.42 Å². The number of carbonyl (C=O) groups excluding carboxylic acids is 2. The lowest BCUT2D eigenvalue weighted by Crippen LogP contribution is -2.37. The third-order valence-corrected chi connectivity index (χ3v) is 5.34. The molecule has 2 heterocycles. The highest BCUT2D eigenvalue weighted by Gasteiger charge is 2.28. The van der Waals surface area contributed by atoms with Crippen molar-refractivity contribution >= 4 is 11.8 Å². The van der Waals surface area contributed by atoms with Crippen molar-refractivity contribution in [1.29, 1.82) is 0 Å². The Balaban J connectivity index is 1.43. The highest BCUT2D eigenvalue weighted by molar-refractivity contribution is 5.94. The van der Waals surface area contributed by atoms with Crippen LogP contribution in [0.2, 0.25) is 0 Å². The largest absolute Gasteiger partial charge is 0.347 e. The summed E-state index contributed by atoms with van der Waals surface area (Å²) in [5, 5.41) is 10.0. The van der Waals surface area contributed by atoms with Gasteiger partial charge >= 0.3 is 0 Å². The molecule has 0 aliphatic carbocycles. The first-order valence-corrected chi connectivity index (χ1v) is 9.92. The lowest BCUT2D eigenvalue weighted by molar-refractivity contribution is -0.131. The van der Waals surface area contributed by atoms with Gasteiger partial charge in [-0.3, -0.25) is 14.7 Å². The third-order valence-electron chi connectivity index (χ3n) is 5.34. The Morgan fingerprint density at radius 3 is 2.83 bits per heavy atom. The molecule has 0 saturated heterocycles. The maximum Gasteiger partial charge on any atom is 0.272 e. The topological polar surface area (TPSA) is 78.1 Å². The summed E-state index contributed by atoms with van der Waals surface area (Å²) in [6.07, 6.45) is 0.575. The number of halogens is 1. The van der Waals surface area contributed by atoms with Gasteiger partial charge in [-0.1, -0.05) is 48.0 Å². The fourth-order valence-electron chi connectivity index (χ4n) is 3.70. The van der Waals surface area contributed by atoms with Crippen molar-refractivity contribution in [3.8, 4) is 0 Å². The van der Waals surface area contributed by atoms with Gasteiger partial charge in [-0.15, -0.1) is 0 Å². The Labute approximate surface area is 174 Å². The fraction of sp³-hybridized carbons (Fsp3) is 0.261. The molecule has 0 saturated carbocycles. The van der Waals surface area contributed by atoms with Crippen molar-refractivity contribution in [2.45, 2.75) is 32.9 Å². The van der Waals surface area contributed by atoms with Gasteiger partial charge in [0.2, 0.25) is 5.91 Å². The molecule has 2 N–H and O–H groups in total. The summed E-state index contributed by atoms with van der Waals surface area (Å²) in [5.74, 6) is -0.835. The van der Waals surface area contributed by atoms with Gasteiger partial charge in [-0.25, -0.2) is 4.39 Å². The fourth-order valence-corrected chi connectivity index (χ4v) is 3.70. The average molecular weight is 406 g/mol. The molecule has 154 valence electrons. The Morgan fingerprint density at radius 2 is 2.03 bits per heavy atom. The van der Waals surface area contributed by atoms with E-state index in [1.54, 1.807) is 23.1 Å². The quantitative estimate of drug-likeness (QED) is 0.684. The zero-order valence-electron chi connectivity index (χ0n) is 16.7. The van der Waals surface area contributed by atoms with Crippen LogP contribution in [-0.4, -0.2) is 33.5 Å². The van der Waals surface area contributed by atoms with E-state index < -0.39 is 0 Å². The number of nitrogens with zero attached hydrogens (tertiary/aromatic N) is 2. The second-order valence-electron chi connectivity index (χ2n) is 7.53. The minimum absolute atomic E-state index is 0.00521. The van der Waals surface area contributed by atoms with E-state index in [9.17, 15) is 14.0 Å². The van der Waals surface area contributed by atoms with E-state index in [0.29, 0.717) is 30.8 Å². The molecule has 0 bridgehead atoms. The maximum absolute atomic E-state index is 13.9. The van der Waals surface area contributed by atoms with Crippen LogP contribution in [-0.2, 0) is 30.7 Å². The van der Waals surface area contributed by atoms with Gasteiger partial charge in [0.1, 0.15) is 5.82 Å². The average Bonchev–Trinajstić information content (AvgIpc) is 3.17. The van der Waals surface area contributed by atoms with E-state index in [1.165, 1.54) is 6.07 Å². The van der Waals surface area contributed by atoms with Crippen molar-refractivity contribution < 1.29 is 14.0 Å². The summed E-state index contributed by atoms with van der Waals surface area (Å²) >= 11 is 0. The molecule has 1 aromatic heterocycles. The normalized spacial score (nSPS) is 13.1. The number of benzene rings is 2. The number of aromatic nitrogens is 2. The molecule has 0 unspecified atom stereocenters. The lowest BCUT2D eigenvalue weighted by atomic mass is 10.0. The smallest absolute Gasteiger partial charge is 0.272 e. The number of rotatable bonds is 5. The zero-order valence-corrected chi connectivity index (χ0v) is 16.7. The summed E-state index contributed by atoms with van der Waals surface area (Å²) in [6, 6.07) is 14.2. The van der Waals surface area contributed by atoms with Gasteiger partial charge in [-0.2, -0.15) is 5.10 Å². The minimum Gasteiger partial charge on any atom is -0.347 e. The highest BCUT2D eigenvalue weighted by Crippen LogP contribution is 2.22. The van der Waals surface area contributed by atoms with Crippen LogP contribution in [0.3, 0.4) is 0 Å². The van der Waals surface area contributed by atoms with Crippen LogP contribution in [0.5, 0.6) is 0 Å². The van der Waals surface area contributed by atoms with Crippen molar-refractivity contribution in [2.75, 3.05) is 6.54 Å². The first-order chi connectivity index (χ1) is 14.5. The third kappa shape index (κ3) is 4.25. The van der Waals surface area contributed by atoms with Crippen LogP contribution >= 0.6 is 0 Å². The molecular formula is C23H23FN4O2. The SMILES string of the molecule is Cc1cccc(CNC(=O)c2n[nH]c3c2CN(C(=O)Cc2ccccc2F)CC3)c1. The number of amides is 2. The monoisotopic (exact) mass is 406 g/mol. The number of aryl methyl sites for hydroxylation is 1. The molecule has 4 rings (SSSR count). The molecule has 7 heteroatoms. The van der Waals surface area contributed by atoms with Crippen molar-refractivity contribution in [2.24, 2.45) is 0 Å². The van der Waals surface area contributed by atoms with Crippen LogP contribution < -0.4 is 5.32 Å². The van der Waals surface area contributed by atoms with E-state index in [2.05, 4.69) is 15.5 Å². The predicted octanol–water partition coefficient (Wildman–Crippen LogP) is 2.91. The minimum atomic E-state index is -0.386. The van der Waals surface area contributed by atoms with Crippen molar-refractivity contribution in [1.82, 2.24) is 20.4 Å². The number of aromatic amines is 1. The number of hydrogen-bond acceptors (Lipinski definition) is 3. The maximum atomic E-state index is 13.9. The Kier molecular flexibility index (Phi) is 5.61. The molecule has 1 aliphatic heterocycles. The number of carbonyl (C=O) groups is 2. The zero-order chi connectivity index (χ0) is 21.1. The Morgan fingerprint density at radius 1 is 1.20 bits per heavy atom. The van der Waals surface area contributed by atoms with Gasteiger partial charge < -0.3 is 10.2 Å². The molecule has 0 spiro atoms. The standard InChI is InChI=1S/C23H23FN4O2/c1-15-5-4-6-16(11-15)13-25-23(30)22-18-14-28(10-9-20(18)26-27-22)21(29)12-17-7-2-3-8-19(17)24/h2-8,11H,9-10,12-14H2,1H3,(H,25,30)(H,26,27). The summed E-state index contributed by atoms with van der Waals surface area (Å²) in [7, 11) is 0. The Bertz CT molecular complexity index is 1090. The first-order valence-electron chi connectivity index (χ1n) is 9.92. The van der Waals surface area contributed by atoms with Gasteiger partial charge in [0.15, 0.2) is 5.69 Å². The van der Waals surface area contributed by atoms with Crippen LogP contribution in [0.1, 0.15) is 38.4 Å². The molecule has 0 fully saturated rings. The summed E-state index contributed by atoms with van der Waals surface area (Å²) in [4.78, 5) is 27.1. The van der Waals surface area contributed by atoms with E-state index in [1.807, 2.05) is 31.2 Å². The second kappa shape index (κ2) is 8.49. The molecule has 3 aromatic rings. The first kappa shape index (κ1) is 19.8. The number of H-pyrrole nitrogens is 1. The molecule has 30 heavy (non-hydrogen) atoms. The number of fused-ring (bicyclic) bond motifs is 1.